The fourth-order valence-electron chi connectivity index (χ4n) is 2.67. The van der Waals surface area contributed by atoms with Crippen LogP contribution < -0.4 is 9.79 Å². The zero-order valence-electron chi connectivity index (χ0n) is 16.8. The van der Waals surface area contributed by atoms with Crippen LogP contribution in [0, 0.1) is 0 Å². The van der Waals surface area contributed by atoms with E-state index in [1.54, 1.807) is 0 Å². The van der Waals surface area contributed by atoms with Crippen molar-refractivity contribution >= 4 is 51.5 Å². The molecule has 0 aromatic rings. The van der Waals surface area contributed by atoms with Crippen LogP contribution in [-0.2, 0) is 9.36 Å². The number of carboxylic acid groups (broad SMARTS) is 1. The molecule has 0 aliphatic carbocycles. The van der Waals surface area contributed by atoms with Crippen molar-refractivity contribution in [2.45, 2.75) is 109 Å². The average Bonchev–Trinajstić information content (AvgIpc) is 2.51. The van der Waals surface area contributed by atoms with Crippen LogP contribution in [0.1, 0.15) is 103 Å². The van der Waals surface area contributed by atoms with Crippen LogP contribution in [0.2, 0.25) is 0 Å². The van der Waals surface area contributed by atoms with Crippen molar-refractivity contribution in [3.63, 3.8) is 0 Å². The molecule has 0 bridgehead atoms. The minimum absolute atomic E-state index is 0. The van der Waals surface area contributed by atoms with Crippen LogP contribution in [0.15, 0.2) is 0 Å². The van der Waals surface area contributed by atoms with Crippen molar-refractivity contribution in [1.29, 1.82) is 0 Å². The van der Waals surface area contributed by atoms with Gasteiger partial charge in [0.05, 0.1) is 13.9 Å². The first kappa shape index (κ1) is 32.5. The molecule has 0 aliphatic rings. The maximum Gasteiger partial charge on any atom is 2.00 e. The number of aliphatic hydroxyl groups is 1. The molecule has 27 heavy (non-hydrogen) atoms. The molecule has 0 saturated heterocycles. The van der Waals surface area contributed by atoms with E-state index in [0.29, 0.717) is 6.42 Å². The monoisotopic (exact) mass is 436 g/mol. The Kier molecular flexibility index (Phi) is 27.8. The first-order valence-electron chi connectivity index (χ1n) is 9.81. The van der Waals surface area contributed by atoms with E-state index in [1.165, 1.54) is 51.4 Å². The second-order valence-corrected chi connectivity index (χ2v) is 7.67. The van der Waals surface area contributed by atoms with E-state index in [1.807, 2.05) is 0 Å². The summed E-state index contributed by atoms with van der Waals surface area (Å²) in [6.07, 6.45) is 16.3. The van der Waals surface area contributed by atoms with Gasteiger partial charge in [-0.05, 0) is 19.3 Å². The molecule has 0 radical (unpaired) electrons. The molecule has 1 atom stereocenters. The van der Waals surface area contributed by atoms with Gasteiger partial charge in [0.2, 0.25) is 0 Å². The van der Waals surface area contributed by atoms with E-state index in [2.05, 4.69) is 6.92 Å². The maximum atomic E-state index is 10.3. The number of hydrogen-bond donors (Lipinski definition) is 3. The Balaban J connectivity index is -0.000000844. The Morgan fingerprint density at radius 2 is 1.19 bits per heavy atom. The number of carbonyl (C=O) groups is 1. The van der Waals surface area contributed by atoms with Gasteiger partial charge >= 0.3 is 43.7 Å². The van der Waals surface area contributed by atoms with E-state index in [-0.39, 0.29) is 43.8 Å². The predicted octanol–water partition coefficient (Wildman–Crippen LogP) is 2.73. The van der Waals surface area contributed by atoms with Gasteiger partial charge in [-0.1, -0.05) is 77.6 Å². The Morgan fingerprint density at radius 1 is 0.852 bits per heavy atom. The van der Waals surface area contributed by atoms with Gasteiger partial charge in [0.1, 0.15) is 0 Å². The maximum absolute atomic E-state index is 10.3. The van der Waals surface area contributed by atoms with Gasteiger partial charge in [0.15, 0.2) is 0 Å². The molecule has 158 valence electrons. The van der Waals surface area contributed by atoms with Crippen molar-refractivity contribution in [3.05, 3.63) is 0 Å². The largest absolute Gasteiger partial charge is 2.00 e. The smallest absolute Gasteiger partial charge is 0.790 e. The average molecular weight is 437 g/mol. The summed E-state index contributed by atoms with van der Waals surface area (Å²) in [7, 11) is -5.14. The summed E-state index contributed by atoms with van der Waals surface area (Å²) >= 11 is 0. The third kappa shape index (κ3) is 42.0. The molecule has 0 fully saturated rings. The van der Waals surface area contributed by atoms with E-state index in [9.17, 15) is 9.90 Å². The third-order valence-corrected chi connectivity index (χ3v) is 4.07. The normalized spacial score (nSPS) is 11.9. The summed E-state index contributed by atoms with van der Waals surface area (Å²) in [5.41, 5.74) is 0. The van der Waals surface area contributed by atoms with Gasteiger partial charge < -0.3 is 29.5 Å². The minimum Gasteiger partial charge on any atom is -0.790 e. The fraction of sp³-hybridized carbons (Fsp3) is 0.944. The zero-order valence-corrected chi connectivity index (χ0v) is 19.9. The summed E-state index contributed by atoms with van der Waals surface area (Å²) in [5.74, 6) is -0.678. The first-order chi connectivity index (χ1) is 12.2. The summed E-state index contributed by atoms with van der Waals surface area (Å²) in [4.78, 5) is 34.6. The number of carboxylic acids is 1. The van der Waals surface area contributed by atoms with E-state index < -0.39 is 13.8 Å². The van der Waals surface area contributed by atoms with Crippen molar-refractivity contribution in [2.75, 3.05) is 0 Å². The second kappa shape index (κ2) is 23.1. The van der Waals surface area contributed by atoms with Gasteiger partial charge in [0, 0.05) is 6.42 Å². The Hall–Kier alpha value is 0.800. The number of unbranched alkanes of at least 4 members (excludes halogenated alkanes) is 10. The van der Waals surface area contributed by atoms with Crippen molar-refractivity contribution < 1.29 is 34.3 Å². The summed E-state index contributed by atoms with van der Waals surface area (Å²) in [6.45, 7) is 2.21. The van der Waals surface area contributed by atoms with Crippen LogP contribution in [-0.4, -0.2) is 64.9 Å². The molecule has 9 heteroatoms. The number of aliphatic carboxylic acids is 1. The van der Waals surface area contributed by atoms with Crippen molar-refractivity contribution in [3.8, 4) is 0 Å². The molecule has 0 spiro atoms. The van der Waals surface area contributed by atoms with Crippen LogP contribution >= 0.6 is 7.82 Å². The van der Waals surface area contributed by atoms with Gasteiger partial charge in [-0.2, -0.15) is 0 Å². The van der Waals surface area contributed by atoms with Gasteiger partial charge in [0.25, 0.3) is 0 Å². The Morgan fingerprint density at radius 3 is 1.56 bits per heavy atom. The van der Waals surface area contributed by atoms with Gasteiger partial charge in [-0.15, -0.1) is 0 Å². The molecule has 0 aromatic heterocycles. The molecule has 1 unspecified atom stereocenters. The summed E-state index contributed by atoms with van der Waals surface area (Å²) < 4.78 is 8.66. The fourth-order valence-corrected chi connectivity index (χ4v) is 2.67. The van der Waals surface area contributed by atoms with Gasteiger partial charge in [-0.25, -0.2) is 0 Å². The Labute approximate surface area is 194 Å². The zero-order chi connectivity index (χ0) is 20.3. The standard InChI is InChI=1S/C18H36O3.Ca.H3O4P/c1-2-3-4-11-14-17(19)15-12-9-7-5-6-8-10-13-16-18(20)21;;1-5(2,3)4/h17,19H,2-16H2,1H3,(H,20,21);;(H3,1,2,3,4)/q;+2;/p-2. The number of aliphatic hydroxyl groups excluding tert-OH is 1. The molecule has 0 rings (SSSR count). The predicted molar refractivity (Wildman–Crippen MR) is 104 cm³/mol. The van der Waals surface area contributed by atoms with Crippen molar-refractivity contribution in [2.24, 2.45) is 0 Å². The molecule has 0 aliphatic heterocycles. The summed E-state index contributed by atoms with van der Waals surface area (Å²) in [5, 5.41) is 18.4. The summed E-state index contributed by atoms with van der Waals surface area (Å²) in [6, 6.07) is 0. The van der Waals surface area contributed by atoms with Crippen molar-refractivity contribution in [1.82, 2.24) is 0 Å². The SMILES string of the molecule is CCCCCCC(O)CCCCCCCCCCC(=O)O.O=P([O-])([O-])O.[Ca+2]. The number of rotatable bonds is 16. The molecule has 0 amide bonds. The molecule has 0 aromatic carbocycles. The molecule has 3 N–H and O–H groups in total. The quantitative estimate of drug-likeness (QED) is 0.192. The van der Waals surface area contributed by atoms with E-state index in [0.717, 1.165) is 38.5 Å². The molecule has 0 saturated carbocycles. The minimum atomic E-state index is -5.14. The van der Waals surface area contributed by atoms with Gasteiger partial charge in [-0.3, -0.25) is 4.79 Å². The second-order valence-electron chi connectivity index (χ2n) is 6.73. The molecular formula is C18H37CaO7P. The number of hydrogen-bond acceptors (Lipinski definition) is 5. The molecule has 0 heterocycles. The van der Waals surface area contributed by atoms with E-state index in [4.69, 9.17) is 24.4 Å². The van der Waals surface area contributed by atoms with Crippen LogP contribution in [0.3, 0.4) is 0 Å². The van der Waals surface area contributed by atoms with E-state index >= 15 is 0 Å². The molecular weight excluding hydrogens is 399 g/mol. The third-order valence-electron chi connectivity index (χ3n) is 4.07. The van der Waals surface area contributed by atoms with Crippen LogP contribution in [0.5, 0.6) is 0 Å². The number of phosphoric acid groups is 1. The van der Waals surface area contributed by atoms with Crippen LogP contribution in [0.4, 0.5) is 0 Å². The Bertz CT molecular complexity index is 355. The van der Waals surface area contributed by atoms with Crippen LogP contribution in [0.25, 0.3) is 0 Å². The molecule has 7 nitrogen and oxygen atoms in total. The topological polar surface area (TPSA) is 141 Å². The first-order valence-corrected chi connectivity index (χ1v) is 11.3.